The zero-order valence-corrected chi connectivity index (χ0v) is 17.7. The number of carbonyl (C=O) groups excluding carboxylic acids is 2. The van der Waals surface area contributed by atoms with Gasteiger partial charge in [-0.1, -0.05) is 37.3 Å². The van der Waals surface area contributed by atoms with Crippen LogP contribution < -0.4 is 0 Å². The fourth-order valence-electron chi connectivity index (χ4n) is 5.93. The van der Waals surface area contributed by atoms with Crippen LogP contribution in [-0.4, -0.2) is 47.1 Å². The van der Waals surface area contributed by atoms with Gasteiger partial charge in [-0.05, 0) is 50.2 Å². The standard InChI is InChI=1S/C24H30O6/c1-15-9-11-17-21(15)22(29-19(26)12-10-16-7-5-4-6-8-16)23(2)13-18(24(17,3)30-23)28-20(27)14-25/h4-8,10,12,15,17-18,21-22,25H,9,11,13-14H2,1-3H3/t15-,17-,18-,21-,22+,23+,24+/m1/s1. The van der Waals surface area contributed by atoms with Crippen molar-refractivity contribution in [2.75, 3.05) is 6.61 Å². The number of hydrogen-bond donors (Lipinski definition) is 1. The summed E-state index contributed by atoms with van der Waals surface area (Å²) in [4.78, 5) is 24.5. The van der Waals surface area contributed by atoms with Gasteiger partial charge in [0.25, 0.3) is 0 Å². The minimum atomic E-state index is -0.745. The van der Waals surface area contributed by atoms with E-state index in [1.807, 2.05) is 44.2 Å². The number of benzene rings is 1. The van der Waals surface area contributed by atoms with Crippen LogP contribution in [0.4, 0.5) is 0 Å². The molecule has 0 aromatic heterocycles. The smallest absolute Gasteiger partial charge is 0.332 e. The van der Waals surface area contributed by atoms with Crippen molar-refractivity contribution in [3.8, 4) is 0 Å². The van der Waals surface area contributed by atoms with Crippen LogP contribution in [0, 0.1) is 17.8 Å². The van der Waals surface area contributed by atoms with E-state index in [0.29, 0.717) is 12.3 Å². The van der Waals surface area contributed by atoms with Crippen molar-refractivity contribution < 1.29 is 28.9 Å². The van der Waals surface area contributed by atoms with Gasteiger partial charge in [0.2, 0.25) is 0 Å². The van der Waals surface area contributed by atoms with E-state index in [2.05, 4.69) is 6.92 Å². The summed E-state index contributed by atoms with van der Waals surface area (Å²) in [5.74, 6) is -0.411. The van der Waals surface area contributed by atoms with Crippen LogP contribution in [0.2, 0.25) is 0 Å². The molecule has 4 rings (SSSR count). The summed E-state index contributed by atoms with van der Waals surface area (Å²) in [6, 6.07) is 9.60. The lowest BCUT2D eigenvalue weighted by atomic mass is 9.72. The van der Waals surface area contributed by atoms with Crippen molar-refractivity contribution in [3.05, 3.63) is 42.0 Å². The molecule has 162 valence electrons. The summed E-state index contributed by atoms with van der Waals surface area (Å²) in [5, 5.41) is 9.14. The Morgan fingerprint density at radius 2 is 1.93 bits per heavy atom. The number of hydrogen-bond acceptors (Lipinski definition) is 6. The number of aliphatic hydroxyl groups is 1. The highest BCUT2D eigenvalue weighted by Crippen LogP contribution is 2.61. The molecule has 7 atom stereocenters. The average molecular weight is 414 g/mol. The van der Waals surface area contributed by atoms with Crippen molar-refractivity contribution in [2.24, 2.45) is 17.8 Å². The number of aliphatic hydroxyl groups excluding tert-OH is 1. The Hall–Kier alpha value is -2.18. The topological polar surface area (TPSA) is 82.1 Å². The first kappa shape index (κ1) is 21.1. The summed E-state index contributed by atoms with van der Waals surface area (Å²) >= 11 is 0. The lowest BCUT2D eigenvalue weighted by Gasteiger charge is -2.50. The van der Waals surface area contributed by atoms with Gasteiger partial charge >= 0.3 is 11.9 Å². The molecule has 1 saturated carbocycles. The Labute approximate surface area is 177 Å². The SMILES string of the molecule is C[C@@H]1CC[C@@H]2[C@@H]1[C@H](OC(=O)C=Cc1ccccc1)[C@]1(C)C[C@@H](OC(=O)CO)[C@@]2(C)O1. The Balaban J connectivity index is 1.58. The highest BCUT2D eigenvalue weighted by atomic mass is 16.6. The van der Waals surface area contributed by atoms with Crippen LogP contribution in [0.15, 0.2) is 36.4 Å². The maximum Gasteiger partial charge on any atom is 0.332 e. The molecule has 1 aliphatic carbocycles. The molecule has 0 amide bonds. The highest BCUT2D eigenvalue weighted by molar-refractivity contribution is 5.87. The molecule has 0 radical (unpaired) electrons. The molecular weight excluding hydrogens is 384 g/mol. The van der Waals surface area contributed by atoms with Crippen molar-refractivity contribution in [1.82, 2.24) is 0 Å². The van der Waals surface area contributed by atoms with Crippen molar-refractivity contribution in [3.63, 3.8) is 0 Å². The summed E-state index contributed by atoms with van der Waals surface area (Å²) in [7, 11) is 0. The first-order valence-corrected chi connectivity index (χ1v) is 10.7. The van der Waals surface area contributed by atoms with E-state index in [4.69, 9.17) is 19.3 Å². The van der Waals surface area contributed by atoms with Crippen LogP contribution in [-0.2, 0) is 23.8 Å². The summed E-state index contributed by atoms with van der Waals surface area (Å²) in [6.07, 6.45) is 4.70. The number of ether oxygens (including phenoxy) is 3. The molecule has 0 unspecified atom stereocenters. The third-order valence-corrected chi connectivity index (χ3v) is 7.28. The van der Waals surface area contributed by atoms with E-state index in [0.717, 1.165) is 18.4 Å². The molecule has 2 saturated heterocycles. The van der Waals surface area contributed by atoms with E-state index >= 15 is 0 Å². The molecule has 6 nitrogen and oxygen atoms in total. The van der Waals surface area contributed by atoms with Gasteiger partial charge in [-0.2, -0.15) is 0 Å². The third kappa shape index (κ3) is 3.56. The third-order valence-electron chi connectivity index (χ3n) is 7.28. The Morgan fingerprint density at radius 3 is 2.63 bits per heavy atom. The van der Waals surface area contributed by atoms with Gasteiger partial charge in [0, 0.05) is 18.4 Å². The average Bonchev–Trinajstić information content (AvgIpc) is 3.21. The summed E-state index contributed by atoms with van der Waals surface area (Å²) < 4.78 is 18.1. The van der Waals surface area contributed by atoms with Crippen molar-refractivity contribution >= 4 is 18.0 Å². The molecular formula is C24H30O6. The van der Waals surface area contributed by atoms with Crippen LogP contribution in [0.25, 0.3) is 6.08 Å². The molecule has 1 aromatic rings. The quantitative estimate of drug-likeness (QED) is 0.589. The van der Waals surface area contributed by atoms with E-state index in [1.165, 1.54) is 6.08 Å². The monoisotopic (exact) mass is 414 g/mol. The molecule has 3 fully saturated rings. The second-order valence-electron chi connectivity index (χ2n) is 9.28. The van der Waals surface area contributed by atoms with E-state index in [-0.39, 0.29) is 11.8 Å². The molecule has 6 heteroatoms. The minimum absolute atomic E-state index is 0.121. The van der Waals surface area contributed by atoms with Crippen molar-refractivity contribution in [2.45, 2.75) is 63.4 Å². The van der Waals surface area contributed by atoms with Gasteiger partial charge in [0.1, 0.15) is 30.0 Å². The number of fused-ring (bicyclic) bond motifs is 4. The zero-order valence-electron chi connectivity index (χ0n) is 17.7. The molecule has 2 bridgehead atoms. The van der Waals surface area contributed by atoms with Crippen molar-refractivity contribution in [1.29, 1.82) is 0 Å². The zero-order chi connectivity index (χ0) is 21.5. The second kappa shape index (κ2) is 7.82. The Kier molecular flexibility index (Phi) is 5.49. The number of esters is 2. The van der Waals surface area contributed by atoms with Gasteiger partial charge in [-0.3, -0.25) is 0 Å². The highest BCUT2D eigenvalue weighted by Gasteiger charge is 2.69. The molecule has 2 heterocycles. The van der Waals surface area contributed by atoms with Gasteiger partial charge < -0.3 is 19.3 Å². The lowest BCUT2D eigenvalue weighted by Crippen LogP contribution is -2.59. The van der Waals surface area contributed by atoms with Crippen LogP contribution in [0.1, 0.15) is 45.6 Å². The van der Waals surface area contributed by atoms with Crippen LogP contribution in [0.3, 0.4) is 0 Å². The van der Waals surface area contributed by atoms with Gasteiger partial charge in [-0.25, -0.2) is 9.59 Å². The van der Waals surface area contributed by atoms with Crippen LogP contribution >= 0.6 is 0 Å². The normalized spacial score (nSPS) is 39.7. The van der Waals surface area contributed by atoms with Gasteiger partial charge in [0.05, 0.1) is 0 Å². The van der Waals surface area contributed by atoms with Gasteiger partial charge in [0.15, 0.2) is 0 Å². The maximum atomic E-state index is 12.7. The predicted molar refractivity (Wildman–Crippen MR) is 110 cm³/mol. The van der Waals surface area contributed by atoms with E-state index in [1.54, 1.807) is 6.08 Å². The molecule has 3 aliphatic rings. The Morgan fingerprint density at radius 1 is 1.20 bits per heavy atom. The summed E-state index contributed by atoms with van der Waals surface area (Å²) in [6.45, 7) is 5.47. The summed E-state index contributed by atoms with van der Waals surface area (Å²) in [5.41, 5.74) is -0.458. The lowest BCUT2D eigenvalue weighted by molar-refractivity contribution is -0.247. The molecule has 1 aromatic carbocycles. The van der Waals surface area contributed by atoms with E-state index < -0.39 is 42.0 Å². The van der Waals surface area contributed by atoms with E-state index in [9.17, 15) is 9.59 Å². The van der Waals surface area contributed by atoms with Crippen LogP contribution in [0.5, 0.6) is 0 Å². The predicted octanol–water partition coefficient (Wildman–Crippen LogP) is 3.13. The molecule has 0 spiro atoms. The number of rotatable bonds is 5. The molecule has 30 heavy (non-hydrogen) atoms. The molecule has 2 aliphatic heterocycles. The fourth-order valence-corrected chi connectivity index (χ4v) is 5.93. The fraction of sp³-hybridized carbons (Fsp3) is 0.583. The molecule has 1 N–H and O–H groups in total. The second-order valence-corrected chi connectivity index (χ2v) is 9.28. The largest absolute Gasteiger partial charge is 0.457 e. The maximum absolute atomic E-state index is 12.7. The Bertz CT molecular complexity index is 835. The first-order chi connectivity index (χ1) is 14.3. The first-order valence-electron chi connectivity index (χ1n) is 10.7. The van der Waals surface area contributed by atoms with Gasteiger partial charge in [-0.15, -0.1) is 0 Å². The number of carbonyl (C=O) groups is 2. The minimum Gasteiger partial charge on any atom is -0.457 e.